The van der Waals surface area contributed by atoms with Crippen LogP contribution in [0.1, 0.15) is 23.0 Å². The van der Waals surface area contributed by atoms with Crippen LogP contribution >= 0.6 is 15.6 Å². The Bertz CT molecular complexity index is 1460. The lowest BCUT2D eigenvalue weighted by Gasteiger charge is -2.19. The molecule has 4 heterocycles. The molecule has 1 aromatic heterocycles. The zero-order valence-electron chi connectivity index (χ0n) is 27.0. The van der Waals surface area contributed by atoms with Gasteiger partial charge in [-0.1, -0.05) is 12.1 Å². The van der Waals surface area contributed by atoms with Crippen LogP contribution in [0.25, 0.3) is 0 Å². The molecule has 0 saturated carbocycles. The highest BCUT2D eigenvalue weighted by molar-refractivity contribution is 7.61. The van der Waals surface area contributed by atoms with Crippen molar-refractivity contribution in [1.82, 2.24) is 20.2 Å². The second kappa shape index (κ2) is 20.9. The van der Waals surface area contributed by atoms with Crippen LogP contribution in [0.5, 0.6) is 0 Å². The molecule has 50 heavy (non-hydrogen) atoms. The first-order valence-electron chi connectivity index (χ1n) is 15.4. The number of aromatic nitrogens is 2. The number of nitrogens with two attached hydrogens (primary N) is 2. The van der Waals surface area contributed by atoms with Crippen molar-refractivity contribution in [3.63, 3.8) is 0 Å². The molecule has 282 valence electrons. The molecule has 0 aliphatic carbocycles. The summed E-state index contributed by atoms with van der Waals surface area (Å²) >= 11 is 0. The van der Waals surface area contributed by atoms with E-state index >= 15 is 0 Å². The summed E-state index contributed by atoms with van der Waals surface area (Å²) in [6.07, 6.45) is -5.15. The highest BCUT2D eigenvalue weighted by Crippen LogP contribution is 2.60. The molecule has 21 nitrogen and oxygen atoms in total. The van der Waals surface area contributed by atoms with Gasteiger partial charge in [0.1, 0.15) is 24.1 Å². The van der Waals surface area contributed by atoms with Crippen LogP contribution in [-0.2, 0) is 41.4 Å². The van der Waals surface area contributed by atoms with Crippen molar-refractivity contribution in [1.29, 1.82) is 0 Å². The van der Waals surface area contributed by atoms with Gasteiger partial charge in [0, 0.05) is 44.5 Å². The normalized spacial score (nSPS) is 24.3. The number of hydrogen-bond acceptors (Lipinski definition) is 18. The third kappa shape index (κ3) is 14.4. The number of nitrogens with one attached hydrogen (secondary N) is 2. The van der Waals surface area contributed by atoms with Crippen molar-refractivity contribution in [2.24, 2.45) is 0 Å². The average Bonchev–Trinajstić information content (AvgIpc) is 3.37. The predicted octanol–water partition coefficient (Wildman–Crippen LogP) is -1.26. The van der Waals surface area contributed by atoms with Gasteiger partial charge in [-0.2, -0.15) is 9.29 Å². The van der Waals surface area contributed by atoms with Crippen molar-refractivity contribution >= 4 is 33.1 Å². The fraction of sp³-hybridized carbons (Fsp3) is 0.593. The number of phosphoric acid groups is 2. The highest BCUT2D eigenvalue weighted by Gasteiger charge is 2.46. The molecule has 3 saturated heterocycles. The molecule has 0 amide bonds. The number of hydrogen-bond donors (Lipinski definition) is 8. The molecule has 2 unspecified atom stereocenters. The maximum atomic E-state index is 12.1. The molecule has 3 aliphatic heterocycles. The van der Waals surface area contributed by atoms with E-state index < -0.39 is 65.1 Å². The van der Waals surface area contributed by atoms with Gasteiger partial charge in [-0.05, 0) is 18.2 Å². The number of morpholine rings is 2. The minimum atomic E-state index is -5.24. The number of para-hydroxylation sites is 1. The minimum absolute atomic E-state index is 0.0796. The van der Waals surface area contributed by atoms with Gasteiger partial charge in [0.25, 0.3) is 0 Å². The number of ether oxygens (including phenoxy) is 4. The zero-order chi connectivity index (χ0) is 36.6. The van der Waals surface area contributed by atoms with Crippen molar-refractivity contribution in [2.75, 3.05) is 83.9 Å². The third-order valence-corrected chi connectivity index (χ3v) is 9.36. The van der Waals surface area contributed by atoms with E-state index in [4.69, 9.17) is 30.4 Å². The maximum absolute atomic E-state index is 12.1. The summed E-state index contributed by atoms with van der Waals surface area (Å²) in [5, 5.41) is 26.7. The molecule has 0 bridgehead atoms. The first-order chi connectivity index (χ1) is 23.8. The van der Waals surface area contributed by atoms with E-state index in [2.05, 4.69) is 29.0 Å². The van der Waals surface area contributed by atoms with E-state index in [1.54, 1.807) is 12.1 Å². The summed E-state index contributed by atoms with van der Waals surface area (Å²) in [5.74, 6) is -0.812. The van der Waals surface area contributed by atoms with Crippen LogP contribution in [0.4, 0.5) is 11.5 Å². The predicted molar refractivity (Wildman–Crippen MR) is 175 cm³/mol. The van der Waals surface area contributed by atoms with Crippen LogP contribution in [-0.4, -0.2) is 126 Å². The number of phosphoric ester groups is 2. The number of aliphatic hydroxyl groups excluding tert-OH is 2. The average molecular weight is 755 g/mol. The van der Waals surface area contributed by atoms with Gasteiger partial charge in [0.15, 0.2) is 6.23 Å². The molecule has 10 N–H and O–H groups in total. The van der Waals surface area contributed by atoms with E-state index in [0.717, 1.165) is 63.4 Å². The Morgan fingerprint density at radius 1 is 0.920 bits per heavy atom. The van der Waals surface area contributed by atoms with Crippen molar-refractivity contribution in [2.45, 2.75) is 31.0 Å². The first-order valence-corrected chi connectivity index (χ1v) is 18.4. The zero-order valence-corrected chi connectivity index (χ0v) is 28.8. The van der Waals surface area contributed by atoms with Crippen LogP contribution in [0.2, 0.25) is 0 Å². The van der Waals surface area contributed by atoms with Gasteiger partial charge in [0.05, 0.1) is 51.8 Å². The Morgan fingerprint density at radius 3 is 2.06 bits per heavy atom. The van der Waals surface area contributed by atoms with Crippen LogP contribution in [0, 0.1) is 0 Å². The number of carbonyl (C=O) groups is 1. The Morgan fingerprint density at radius 2 is 1.52 bits per heavy atom. The van der Waals surface area contributed by atoms with Gasteiger partial charge in [-0.25, -0.2) is 18.7 Å². The Hall–Kier alpha value is -2.85. The molecular formula is C27H44N6O15P2. The van der Waals surface area contributed by atoms with Crippen molar-refractivity contribution < 1.29 is 66.2 Å². The van der Waals surface area contributed by atoms with E-state index in [-0.39, 0.29) is 30.1 Å². The monoisotopic (exact) mass is 754 g/mol. The topological polar surface area (TPSA) is 308 Å². The maximum Gasteiger partial charge on any atom is 0.481 e. The fourth-order valence-corrected chi connectivity index (χ4v) is 6.37. The first kappa shape index (κ1) is 41.6. The Labute approximate surface area is 287 Å². The number of aliphatic hydroxyl groups is 2. The van der Waals surface area contributed by atoms with Crippen molar-refractivity contribution in [3.05, 3.63) is 52.6 Å². The number of rotatable bonds is 12. The quantitative estimate of drug-likeness (QED) is 0.0542. The number of benzene rings is 1. The standard InChI is InChI=1S/C19H26N4O13P2.2C4H9NO/c20-12-5-2-1-4-11(12)18(26)32-8-3-9-33-37(28,29)36-38(30,31)34-10-13-15(24)16(25)17(35-13)23-7-6-14(21)22-19(23)27;2*1-3-6-4-2-5-1/h1-2,4-7,13,15-17,24-25H,3,8-10,20H2,(H,28,29)(H,30,31)(H2,21,22,27);2*5H,1-4H2/t13-,15-,16-,17-;;/m1../s1. The highest BCUT2D eigenvalue weighted by atomic mass is 31.3. The molecule has 0 spiro atoms. The van der Waals surface area contributed by atoms with Gasteiger partial charge >= 0.3 is 27.3 Å². The largest absolute Gasteiger partial charge is 0.481 e. The van der Waals surface area contributed by atoms with E-state index in [1.807, 2.05) is 0 Å². The Balaban J connectivity index is 0.000000469. The van der Waals surface area contributed by atoms with E-state index in [1.165, 1.54) is 18.2 Å². The molecule has 6 atom stereocenters. The van der Waals surface area contributed by atoms with Crippen LogP contribution in [0.3, 0.4) is 0 Å². The summed E-state index contributed by atoms with van der Waals surface area (Å²) in [5.41, 5.74) is 10.5. The second-order valence-electron chi connectivity index (χ2n) is 10.5. The molecular weight excluding hydrogens is 710 g/mol. The van der Waals surface area contributed by atoms with Gasteiger partial charge < -0.3 is 61.0 Å². The fourth-order valence-electron chi connectivity index (χ4n) is 4.26. The number of esters is 1. The summed E-state index contributed by atoms with van der Waals surface area (Å²) in [4.78, 5) is 46.9. The molecule has 3 fully saturated rings. The lowest BCUT2D eigenvalue weighted by molar-refractivity contribution is -0.0542. The van der Waals surface area contributed by atoms with E-state index in [9.17, 15) is 38.7 Å². The van der Waals surface area contributed by atoms with Gasteiger partial charge in [-0.15, -0.1) is 0 Å². The number of nitrogen functional groups attached to an aromatic ring is 2. The van der Waals surface area contributed by atoms with E-state index in [0.29, 0.717) is 0 Å². The van der Waals surface area contributed by atoms with Crippen LogP contribution < -0.4 is 27.8 Å². The molecule has 3 aliphatic rings. The third-order valence-electron chi connectivity index (χ3n) is 6.72. The molecule has 2 aromatic rings. The number of anilines is 2. The van der Waals surface area contributed by atoms with Crippen molar-refractivity contribution in [3.8, 4) is 0 Å². The second-order valence-corrected chi connectivity index (χ2v) is 13.6. The molecule has 5 rings (SSSR count). The SMILES string of the molecule is C1COCCN1.C1COCCN1.Nc1ccn([C@@H]2O[C@H](COP(=O)(O)OP(=O)(O)OCCCOC(=O)c3ccccc3N)[C@@H](O)[C@H]2O)c(=O)n1. The summed E-state index contributed by atoms with van der Waals surface area (Å²) in [6.45, 7) is 6.04. The number of carbonyl (C=O) groups excluding carboxylic acids is 1. The Kier molecular flexibility index (Phi) is 17.3. The van der Waals surface area contributed by atoms with Gasteiger partial charge in [-0.3, -0.25) is 13.6 Å². The van der Waals surface area contributed by atoms with Gasteiger partial charge in [0.2, 0.25) is 0 Å². The smallest absolute Gasteiger partial charge is 0.462 e. The molecule has 23 heteroatoms. The minimum Gasteiger partial charge on any atom is -0.462 e. The summed E-state index contributed by atoms with van der Waals surface area (Å²) in [6, 6.07) is 7.42. The van der Waals surface area contributed by atoms with Crippen LogP contribution in [0.15, 0.2) is 41.3 Å². The number of nitrogens with zero attached hydrogens (tertiary/aromatic N) is 2. The summed E-state index contributed by atoms with van der Waals surface area (Å²) in [7, 11) is -10.4. The lowest BCUT2D eigenvalue weighted by atomic mass is 10.1. The summed E-state index contributed by atoms with van der Waals surface area (Å²) < 4.78 is 58.6. The molecule has 0 radical (unpaired) electrons. The lowest BCUT2D eigenvalue weighted by Crippen LogP contribution is -2.36. The molecule has 1 aromatic carbocycles.